The molecule has 0 aliphatic heterocycles. The predicted molar refractivity (Wildman–Crippen MR) is 114 cm³/mol. The molecule has 0 aromatic heterocycles. The largest absolute Gasteiger partial charge is 0.456 e. The van der Waals surface area contributed by atoms with Crippen LogP contribution in [0.2, 0.25) is 0 Å². The van der Waals surface area contributed by atoms with E-state index in [1.165, 1.54) is 6.92 Å². The number of hydrogen-bond acceptors (Lipinski definition) is 5. The first-order valence-corrected chi connectivity index (χ1v) is 9.44. The number of hydrogen-bond donors (Lipinski definition) is 3. The minimum absolute atomic E-state index is 0.0785. The molecule has 3 N–H and O–H groups in total. The third-order valence-electron chi connectivity index (χ3n) is 4.29. The van der Waals surface area contributed by atoms with Crippen molar-refractivity contribution in [3.8, 4) is 0 Å². The van der Waals surface area contributed by atoms with Gasteiger partial charge in [-0.25, -0.2) is 0 Å². The summed E-state index contributed by atoms with van der Waals surface area (Å²) < 4.78 is 4.93. The Morgan fingerprint density at radius 3 is 2.07 bits per heavy atom. The van der Waals surface area contributed by atoms with Crippen LogP contribution in [0.4, 0.5) is 17.1 Å². The highest BCUT2D eigenvalue weighted by Crippen LogP contribution is 2.18. The highest BCUT2D eigenvalue weighted by molar-refractivity contribution is 5.95. The SMILES string of the molecule is CC(=O)Nc1ccc(NC(=O)CCC(=O)OCC(=O)Nc2cccc(C)c2C)cc1. The van der Waals surface area contributed by atoms with E-state index in [1.54, 1.807) is 30.3 Å². The fraction of sp³-hybridized carbons (Fsp3) is 0.273. The van der Waals surface area contributed by atoms with E-state index in [-0.39, 0.29) is 24.7 Å². The van der Waals surface area contributed by atoms with E-state index >= 15 is 0 Å². The highest BCUT2D eigenvalue weighted by atomic mass is 16.5. The fourth-order valence-electron chi connectivity index (χ4n) is 2.57. The molecule has 0 saturated heterocycles. The standard InChI is InChI=1S/C22H25N3O5/c1-14-5-4-6-19(15(14)2)25-21(28)13-30-22(29)12-11-20(27)24-18-9-7-17(8-10-18)23-16(3)26/h4-10H,11-13H2,1-3H3,(H,23,26)(H,24,27)(H,25,28). The molecular weight excluding hydrogens is 386 g/mol. The Hall–Kier alpha value is -3.68. The van der Waals surface area contributed by atoms with Gasteiger partial charge in [0, 0.05) is 30.4 Å². The number of benzene rings is 2. The van der Waals surface area contributed by atoms with Gasteiger partial charge in [-0.3, -0.25) is 19.2 Å². The maximum absolute atomic E-state index is 12.0. The van der Waals surface area contributed by atoms with E-state index in [0.717, 1.165) is 11.1 Å². The molecule has 0 atom stereocenters. The number of anilines is 3. The van der Waals surface area contributed by atoms with Crippen LogP contribution in [0.15, 0.2) is 42.5 Å². The van der Waals surface area contributed by atoms with Gasteiger partial charge in [-0.1, -0.05) is 12.1 Å². The normalized spacial score (nSPS) is 10.1. The van der Waals surface area contributed by atoms with Crippen molar-refractivity contribution in [1.82, 2.24) is 0 Å². The highest BCUT2D eigenvalue weighted by Gasteiger charge is 2.12. The Balaban J connectivity index is 1.71. The van der Waals surface area contributed by atoms with Gasteiger partial charge in [0.25, 0.3) is 5.91 Å². The lowest BCUT2D eigenvalue weighted by Crippen LogP contribution is -2.22. The number of carbonyl (C=O) groups excluding carboxylic acids is 4. The lowest BCUT2D eigenvalue weighted by atomic mass is 10.1. The van der Waals surface area contributed by atoms with Gasteiger partial charge >= 0.3 is 5.97 Å². The number of esters is 1. The third kappa shape index (κ3) is 7.38. The van der Waals surface area contributed by atoms with E-state index in [0.29, 0.717) is 17.1 Å². The second-order valence-electron chi connectivity index (χ2n) is 6.76. The van der Waals surface area contributed by atoms with Crippen molar-refractivity contribution < 1.29 is 23.9 Å². The molecule has 0 fully saturated rings. The first kappa shape index (κ1) is 22.6. The lowest BCUT2D eigenvalue weighted by Gasteiger charge is -2.10. The third-order valence-corrected chi connectivity index (χ3v) is 4.29. The van der Waals surface area contributed by atoms with Crippen LogP contribution in [0, 0.1) is 13.8 Å². The summed E-state index contributed by atoms with van der Waals surface area (Å²) in [4.78, 5) is 46.7. The number of aryl methyl sites for hydroxylation is 1. The summed E-state index contributed by atoms with van der Waals surface area (Å²) in [7, 11) is 0. The molecule has 0 unspecified atom stereocenters. The zero-order chi connectivity index (χ0) is 22.1. The summed E-state index contributed by atoms with van der Waals surface area (Å²) in [6.45, 7) is 4.82. The van der Waals surface area contributed by atoms with Gasteiger partial charge in [0.05, 0.1) is 6.42 Å². The van der Waals surface area contributed by atoms with Crippen LogP contribution < -0.4 is 16.0 Å². The van der Waals surface area contributed by atoms with Gasteiger partial charge in [0.2, 0.25) is 11.8 Å². The van der Waals surface area contributed by atoms with Crippen molar-refractivity contribution in [2.24, 2.45) is 0 Å². The summed E-state index contributed by atoms with van der Waals surface area (Å²) in [5, 5.41) is 7.97. The van der Waals surface area contributed by atoms with Gasteiger partial charge in [-0.15, -0.1) is 0 Å². The minimum Gasteiger partial charge on any atom is -0.456 e. The Morgan fingerprint density at radius 1 is 0.800 bits per heavy atom. The average molecular weight is 411 g/mol. The van der Waals surface area contributed by atoms with Crippen LogP contribution in [0.5, 0.6) is 0 Å². The molecule has 30 heavy (non-hydrogen) atoms. The number of ether oxygens (including phenoxy) is 1. The molecule has 8 heteroatoms. The number of nitrogens with one attached hydrogen (secondary N) is 3. The predicted octanol–water partition coefficient (Wildman–Crippen LogP) is 3.16. The summed E-state index contributed by atoms with van der Waals surface area (Å²) in [5.41, 5.74) is 3.80. The van der Waals surface area contributed by atoms with Crippen LogP contribution in [0.3, 0.4) is 0 Å². The topological polar surface area (TPSA) is 114 Å². The van der Waals surface area contributed by atoms with E-state index in [1.807, 2.05) is 26.0 Å². The van der Waals surface area contributed by atoms with Gasteiger partial charge in [-0.05, 0) is 55.3 Å². The number of carbonyl (C=O) groups is 4. The van der Waals surface area contributed by atoms with Crippen molar-refractivity contribution in [2.75, 3.05) is 22.6 Å². The molecule has 0 bridgehead atoms. The molecule has 0 heterocycles. The van der Waals surface area contributed by atoms with Crippen molar-refractivity contribution in [3.05, 3.63) is 53.6 Å². The molecule has 0 aliphatic rings. The lowest BCUT2D eigenvalue weighted by molar-refractivity contribution is -0.147. The van der Waals surface area contributed by atoms with Crippen molar-refractivity contribution >= 4 is 40.8 Å². The van der Waals surface area contributed by atoms with Crippen LogP contribution in [0.25, 0.3) is 0 Å². The Bertz CT molecular complexity index is 938. The van der Waals surface area contributed by atoms with Gasteiger partial charge < -0.3 is 20.7 Å². The Labute approximate surface area is 175 Å². The molecule has 0 spiro atoms. The second kappa shape index (κ2) is 10.8. The fourth-order valence-corrected chi connectivity index (χ4v) is 2.57. The van der Waals surface area contributed by atoms with Crippen LogP contribution in [0.1, 0.15) is 30.9 Å². The van der Waals surface area contributed by atoms with Gasteiger partial charge in [-0.2, -0.15) is 0 Å². The van der Waals surface area contributed by atoms with Crippen LogP contribution in [-0.2, 0) is 23.9 Å². The van der Waals surface area contributed by atoms with Crippen molar-refractivity contribution in [2.45, 2.75) is 33.6 Å². The molecular formula is C22H25N3O5. The van der Waals surface area contributed by atoms with Crippen molar-refractivity contribution in [1.29, 1.82) is 0 Å². The quantitative estimate of drug-likeness (QED) is 0.578. The molecule has 0 aliphatic carbocycles. The van der Waals surface area contributed by atoms with Gasteiger partial charge in [0.1, 0.15) is 0 Å². The molecule has 3 amide bonds. The van der Waals surface area contributed by atoms with E-state index in [4.69, 9.17) is 4.74 Å². The van der Waals surface area contributed by atoms with E-state index < -0.39 is 18.5 Å². The molecule has 2 aromatic rings. The molecule has 0 saturated carbocycles. The Kier molecular flexibility index (Phi) is 8.10. The maximum atomic E-state index is 12.0. The van der Waals surface area contributed by atoms with E-state index in [9.17, 15) is 19.2 Å². The van der Waals surface area contributed by atoms with Gasteiger partial charge in [0.15, 0.2) is 6.61 Å². The molecule has 0 radical (unpaired) electrons. The molecule has 2 aromatic carbocycles. The molecule has 2 rings (SSSR count). The monoisotopic (exact) mass is 411 g/mol. The maximum Gasteiger partial charge on any atom is 0.306 e. The Morgan fingerprint density at radius 2 is 1.43 bits per heavy atom. The van der Waals surface area contributed by atoms with Crippen molar-refractivity contribution in [3.63, 3.8) is 0 Å². The number of amides is 3. The minimum atomic E-state index is -0.637. The van der Waals surface area contributed by atoms with E-state index in [2.05, 4.69) is 16.0 Å². The summed E-state index contributed by atoms with van der Waals surface area (Å²) in [6, 6.07) is 12.1. The molecule has 8 nitrogen and oxygen atoms in total. The summed E-state index contributed by atoms with van der Waals surface area (Å²) >= 11 is 0. The number of rotatable bonds is 8. The average Bonchev–Trinajstić information content (AvgIpc) is 2.69. The zero-order valence-electron chi connectivity index (χ0n) is 17.2. The first-order valence-electron chi connectivity index (χ1n) is 9.44. The summed E-state index contributed by atoms with van der Waals surface area (Å²) in [6.07, 6.45) is -0.225. The first-order chi connectivity index (χ1) is 14.2. The zero-order valence-corrected chi connectivity index (χ0v) is 17.2. The molecule has 158 valence electrons. The van der Waals surface area contributed by atoms with Crippen LogP contribution in [-0.4, -0.2) is 30.3 Å². The summed E-state index contributed by atoms with van der Waals surface area (Å²) in [5.74, 6) is -1.63. The second-order valence-corrected chi connectivity index (χ2v) is 6.76. The smallest absolute Gasteiger partial charge is 0.306 e. The van der Waals surface area contributed by atoms with Crippen LogP contribution >= 0.6 is 0 Å².